The Labute approximate surface area is 188 Å². The first kappa shape index (κ1) is 22.8. The van der Waals surface area contributed by atoms with Crippen LogP contribution in [0.4, 0.5) is 5.69 Å². The summed E-state index contributed by atoms with van der Waals surface area (Å²) >= 11 is 6.02. The van der Waals surface area contributed by atoms with Crippen LogP contribution in [0.1, 0.15) is 34.3 Å². The minimum Gasteiger partial charge on any atom is -0.351 e. The van der Waals surface area contributed by atoms with Crippen molar-refractivity contribution in [2.24, 2.45) is 0 Å². The number of hydrogen-bond acceptors (Lipinski definition) is 3. The molecular weight excluding hydrogens is 432 g/mol. The van der Waals surface area contributed by atoms with Crippen molar-refractivity contribution in [3.63, 3.8) is 0 Å². The molecular formula is C24H25ClN2O3S. The molecule has 0 aliphatic heterocycles. The van der Waals surface area contributed by atoms with Gasteiger partial charge in [0.2, 0.25) is 10.0 Å². The highest BCUT2D eigenvalue weighted by Gasteiger charge is 2.18. The topological polar surface area (TPSA) is 66.5 Å². The minimum atomic E-state index is -3.51. The standard InChI is InChI=1S/C24H25ClN2O3S/c1-18(20-7-4-3-5-8-20)16-26-24(28)21-13-11-19(12-14-21)17-27(31(2,29)30)23-10-6-9-22(25)15-23/h3-15,18H,16-17H2,1-2H3,(H,26,28). The third-order valence-corrected chi connectivity index (χ3v) is 6.35. The number of amides is 1. The van der Waals surface area contributed by atoms with Crippen LogP contribution in [-0.4, -0.2) is 27.1 Å². The number of anilines is 1. The van der Waals surface area contributed by atoms with Crippen molar-refractivity contribution in [1.82, 2.24) is 5.32 Å². The van der Waals surface area contributed by atoms with Crippen molar-refractivity contribution in [2.45, 2.75) is 19.4 Å². The Hall–Kier alpha value is -2.83. The molecule has 1 unspecified atom stereocenters. The average molecular weight is 457 g/mol. The van der Waals surface area contributed by atoms with Crippen LogP contribution >= 0.6 is 11.6 Å². The molecule has 0 spiro atoms. The van der Waals surface area contributed by atoms with Gasteiger partial charge in [-0.25, -0.2) is 8.42 Å². The Morgan fingerprint density at radius 1 is 1.00 bits per heavy atom. The summed E-state index contributed by atoms with van der Waals surface area (Å²) in [6, 6.07) is 23.7. The van der Waals surface area contributed by atoms with Gasteiger partial charge in [-0.2, -0.15) is 0 Å². The van der Waals surface area contributed by atoms with Gasteiger partial charge in [0.1, 0.15) is 0 Å². The quantitative estimate of drug-likeness (QED) is 0.527. The lowest BCUT2D eigenvalue weighted by Crippen LogP contribution is -2.29. The lowest BCUT2D eigenvalue weighted by molar-refractivity contribution is 0.0951. The zero-order valence-corrected chi connectivity index (χ0v) is 19.0. The van der Waals surface area contributed by atoms with Crippen LogP contribution < -0.4 is 9.62 Å². The monoisotopic (exact) mass is 456 g/mol. The zero-order chi connectivity index (χ0) is 22.4. The normalized spacial score (nSPS) is 12.2. The maximum absolute atomic E-state index is 12.5. The Balaban J connectivity index is 1.66. The second-order valence-corrected chi connectivity index (χ2v) is 9.81. The highest BCUT2D eigenvalue weighted by molar-refractivity contribution is 7.92. The first-order chi connectivity index (χ1) is 14.7. The van der Waals surface area contributed by atoms with Crippen molar-refractivity contribution in [1.29, 1.82) is 0 Å². The van der Waals surface area contributed by atoms with Crippen molar-refractivity contribution in [2.75, 3.05) is 17.1 Å². The van der Waals surface area contributed by atoms with Gasteiger partial charge < -0.3 is 5.32 Å². The third-order valence-electron chi connectivity index (χ3n) is 4.98. The molecule has 0 aliphatic carbocycles. The number of carbonyl (C=O) groups excluding carboxylic acids is 1. The molecule has 0 aromatic heterocycles. The summed E-state index contributed by atoms with van der Waals surface area (Å²) in [6.45, 7) is 2.74. The maximum Gasteiger partial charge on any atom is 0.251 e. The van der Waals surface area contributed by atoms with Gasteiger partial charge in [0.15, 0.2) is 0 Å². The molecule has 3 rings (SSSR count). The number of sulfonamides is 1. The number of benzene rings is 3. The van der Waals surface area contributed by atoms with E-state index in [1.54, 1.807) is 48.5 Å². The van der Waals surface area contributed by atoms with Crippen molar-refractivity contribution < 1.29 is 13.2 Å². The summed E-state index contributed by atoms with van der Waals surface area (Å²) in [5.74, 6) is 0.0366. The molecule has 31 heavy (non-hydrogen) atoms. The SMILES string of the molecule is CC(CNC(=O)c1ccc(CN(c2cccc(Cl)c2)S(C)(=O)=O)cc1)c1ccccc1. The molecule has 1 atom stereocenters. The fourth-order valence-electron chi connectivity index (χ4n) is 3.21. The third kappa shape index (κ3) is 6.32. The molecule has 5 nitrogen and oxygen atoms in total. The second-order valence-electron chi connectivity index (χ2n) is 7.47. The zero-order valence-electron chi connectivity index (χ0n) is 17.5. The molecule has 0 bridgehead atoms. The first-order valence-corrected chi connectivity index (χ1v) is 12.1. The van der Waals surface area contributed by atoms with Crippen LogP contribution in [0.15, 0.2) is 78.9 Å². The lowest BCUT2D eigenvalue weighted by atomic mass is 10.0. The van der Waals surface area contributed by atoms with E-state index in [1.165, 1.54) is 9.87 Å². The molecule has 1 amide bonds. The molecule has 0 fully saturated rings. The van der Waals surface area contributed by atoms with Crippen molar-refractivity contribution in [3.05, 3.63) is 101 Å². The van der Waals surface area contributed by atoms with Crippen LogP contribution in [0.3, 0.4) is 0 Å². The van der Waals surface area contributed by atoms with Crippen LogP contribution in [0.25, 0.3) is 0 Å². The molecule has 0 aliphatic rings. The molecule has 1 N–H and O–H groups in total. The summed E-state index contributed by atoms with van der Waals surface area (Å²) in [5, 5.41) is 3.41. The van der Waals surface area contributed by atoms with Crippen LogP contribution in [0.2, 0.25) is 5.02 Å². The molecule has 0 saturated carbocycles. The largest absolute Gasteiger partial charge is 0.351 e. The smallest absolute Gasteiger partial charge is 0.251 e. The van der Waals surface area contributed by atoms with E-state index in [0.717, 1.165) is 11.8 Å². The summed E-state index contributed by atoms with van der Waals surface area (Å²) < 4.78 is 25.9. The van der Waals surface area contributed by atoms with E-state index in [1.807, 2.05) is 30.3 Å². The summed E-state index contributed by atoms with van der Waals surface area (Å²) in [6.07, 6.45) is 1.16. The Kier molecular flexibility index (Phi) is 7.36. The van der Waals surface area contributed by atoms with Gasteiger partial charge >= 0.3 is 0 Å². The van der Waals surface area contributed by atoms with Gasteiger partial charge in [0, 0.05) is 17.1 Å². The number of nitrogens with one attached hydrogen (secondary N) is 1. The van der Waals surface area contributed by atoms with Crippen LogP contribution in [0, 0.1) is 0 Å². The summed E-state index contributed by atoms with van der Waals surface area (Å²) in [4.78, 5) is 12.5. The van der Waals surface area contributed by atoms with E-state index in [0.29, 0.717) is 22.8 Å². The maximum atomic E-state index is 12.5. The Morgan fingerprint density at radius 2 is 1.68 bits per heavy atom. The number of rotatable bonds is 8. The minimum absolute atomic E-state index is 0.145. The van der Waals surface area contributed by atoms with E-state index < -0.39 is 10.0 Å². The summed E-state index contributed by atoms with van der Waals surface area (Å²) in [5.41, 5.74) is 2.95. The number of carbonyl (C=O) groups is 1. The molecule has 7 heteroatoms. The van der Waals surface area contributed by atoms with E-state index in [2.05, 4.69) is 12.2 Å². The van der Waals surface area contributed by atoms with E-state index >= 15 is 0 Å². The highest BCUT2D eigenvalue weighted by Crippen LogP contribution is 2.24. The van der Waals surface area contributed by atoms with Gasteiger partial charge in [0.05, 0.1) is 18.5 Å². The molecule has 0 heterocycles. The van der Waals surface area contributed by atoms with E-state index in [-0.39, 0.29) is 18.4 Å². The highest BCUT2D eigenvalue weighted by atomic mass is 35.5. The molecule has 162 valence electrons. The molecule has 0 saturated heterocycles. The average Bonchev–Trinajstić information content (AvgIpc) is 2.75. The second kappa shape index (κ2) is 9.98. The predicted molar refractivity (Wildman–Crippen MR) is 126 cm³/mol. The Bertz CT molecular complexity index is 1130. The molecule has 3 aromatic rings. The van der Waals surface area contributed by atoms with Gasteiger partial charge in [-0.1, -0.05) is 67.1 Å². The van der Waals surface area contributed by atoms with Crippen LogP contribution in [0.5, 0.6) is 0 Å². The fourth-order valence-corrected chi connectivity index (χ4v) is 4.27. The van der Waals surface area contributed by atoms with Gasteiger partial charge in [0.25, 0.3) is 5.91 Å². The number of hydrogen-bond donors (Lipinski definition) is 1. The van der Waals surface area contributed by atoms with Crippen molar-refractivity contribution >= 4 is 33.2 Å². The first-order valence-electron chi connectivity index (χ1n) is 9.89. The summed E-state index contributed by atoms with van der Waals surface area (Å²) in [7, 11) is -3.51. The van der Waals surface area contributed by atoms with Crippen molar-refractivity contribution in [3.8, 4) is 0 Å². The number of nitrogens with zero attached hydrogens (tertiary/aromatic N) is 1. The van der Waals surface area contributed by atoms with Gasteiger partial charge in [-0.15, -0.1) is 0 Å². The fraction of sp³-hybridized carbons (Fsp3) is 0.208. The number of halogens is 1. The lowest BCUT2D eigenvalue weighted by Gasteiger charge is -2.23. The molecule has 3 aromatic carbocycles. The predicted octanol–water partition coefficient (Wildman–Crippen LogP) is 4.84. The van der Waals surface area contributed by atoms with E-state index in [9.17, 15) is 13.2 Å². The van der Waals surface area contributed by atoms with Gasteiger partial charge in [-0.05, 0) is 47.4 Å². The molecule has 0 radical (unpaired) electrons. The van der Waals surface area contributed by atoms with E-state index in [4.69, 9.17) is 11.6 Å². The van der Waals surface area contributed by atoms with Gasteiger partial charge in [-0.3, -0.25) is 9.10 Å². The Morgan fingerprint density at radius 3 is 2.29 bits per heavy atom. The van der Waals surface area contributed by atoms with Crippen LogP contribution in [-0.2, 0) is 16.6 Å².